The fourth-order valence-electron chi connectivity index (χ4n) is 2.28. The third kappa shape index (κ3) is 1.44. The Kier molecular flexibility index (Phi) is 2.25. The molecule has 2 aromatic rings. The lowest BCUT2D eigenvalue weighted by Crippen LogP contribution is -2.30. The van der Waals surface area contributed by atoms with Gasteiger partial charge in [-0.3, -0.25) is 9.89 Å². The highest BCUT2D eigenvalue weighted by Crippen LogP contribution is 2.20. The Balaban J connectivity index is 2.12. The first kappa shape index (κ1) is 9.59. The van der Waals surface area contributed by atoms with Crippen molar-refractivity contribution in [1.29, 1.82) is 0 Å². The van der Waals surface area contributed by atoms with Gasteiger partial charge < -0.3 is 5.32 Å². The third-order valence-corrected chi connectivity index (χ3v) is 3.09. The molecule has 1 aliphatic heterocycles. The summed E-state index contributed by atoms with van der Waals surface area (Å²) in [6, 6.07) is 5.37. The van der Waals surface area contributed by atoms with Gasteiger partial charge in [0.05, 0.1) is 6.04 Å². The van der Waals surface area contributed by atoms with Crippen molar-refractivity contribution in [2.75, 3.05) is 6.54 Å². The second-order valence-electron chi connectivity index (χ2n) is 4.17. The van der Waals surface area contributed by atoms with E-state index in [-0.39, 0.29) is 11.6 Å². The van der Waals surface area contributed by atoms with E-state index in [1.807, 2.05) is 6.07 Å². The van der Waals surface area contributed by atoms with Crippen molar-refractivity contribution in [3.63, 3.8) is 0 Å². The van der Waals surface area contributed by atoms with Crippen LogP contribution in [-0.2, 0) is 0 Å². The van der Waals surface area contributed by atoms with Crippen molar-refractivity contribution < 1.29 is 0 Å². The van der Waals surface area contributed by atoms with Gasteiger partial charge in [-0.25, -0.2) is 4.40 Å². The van der Waals surface area contributed by atoms with Gasteiger partial charge in [-0.1, -0.05) is 12.5 Å². The number of nitrogens with one attached hydrogen (secondary N) is 2. The highest BCUT2D eigenvalue weighted by atomic mass is 16.1. The van der Waals surface area contributed by atoms with Crippen molar-refractivity contribution in [1.82, 2.24) is 19.9 Å². The Hall–Kier alpha value is -1.62. The number of fused-ring (bicyclic) bond motifs is 1. The number of H-pyrrole nitrogens is 1. The van der Waals surface area contributed by atoms with E-state index >= 15 is 0 Å². The van der Waals surface area contributed by atoms with Gasteiger partial charge in [0, 0.05) is 6.07 Å². The Morgan fingerprint density at radius 2 is 2.31 bits per heavy atom. The molecule has 2 N–H and O–H groups in total. The van der Waals surface area contributed by atoms with Crippen LogP contribution in [0.1, 0.15) is 31.1 Å². The Bertz CT molecular complexity index is 550. The van der Waals surface area contributed by atoms with Gasteiger partial charge in [-0.15, -0.1) is 0 Å². The first-order valence-corrected chi connectivity index (χ1v) is 5.66. The number of pyridine rings is 1. The second kappa shape index (κ2) is 3.75. The predicted molar refractivity (Wildman–Crippen MR) is 60.4 cm³/mol. The zero-order valence-corrected chi connectivity index (χ0v) is 8.94. The molecular weight excluding hydrogens is 204 g/mol. The number of piperidine rings is 1. The van der Waals surface area contributed by atoms with Crippen LogP contribution >= 0.6 is 0 Å². The van der Waals surface area contributed by atoms with E-state index in [9.17, 15) is 4.79 Å². The number of nitrogens with zero attached hydrogens (tertiary/aromatic N) is 2. The topological polar surface area (TPSA) is 62.2 Å². The van der Waals surface area contributed by atoms with Crippen LogP contribution in [0, 0.1) is 0 Å². The second-order valence-corrected chi connectivity index (χ2v) is 4.17. The Morgan fingerprint density at radius 3 is 3.12 bits per heavy atom. The number of aromatic nitrogens is 3. The summed E-state index contributed by atoms with van der Waals surface area (Å²) in [5.41, 5.74) is 0.739. The van der Waals surface area contributed by atoms with Gasteiger partial charge in [0.2, 0.25) is 0 Å². The summed E-state index contributed by atoms with van der Waals surface area (Å²) in [6.07, 6.45) is 3.43. The highest BCUT2D eigenvalue weighted by molar-refractivity contribution is 5.37. The fourth-order valence-corrected chi connectivity index (χ4v) is 2.28. The molecule has 0 bridgehead atoms. The minimum absolute atomic E-state index is 0.0198. The Labute approximate surface area is 92.5 Å². The van der Waals surface area contributed by atoms with Gasteiger partial charge in [-0.05, 0) is 25.5 Å². The van der Waals surface area contributed by atoms with Crippen LogP contribution < -0.4 is 10.9 Å². The van der Waals surface area contributed by atoms with E-state index in [1.54, 1.807) is 16.5 Å². The van der Waals surface area contributed by atoms with E-state index < -0.39 is 0 Å². The van der Waals surface area contributed by atoms with E-state index in [0.29, 0.717) is 0 Å². The normalized spacial score (nSPS) is 21.4. The third-order valence-electron chi connectivity index (χ3n) is 3.09. The lowest BCUT2D eigenvalue weighted by Gasteiger charge is -2.21. The van der Waals surface area contributed by atoms with Crippen molar-refractivity contribution in [3.8, 4) is 0 Å². The molecule has 2 aromatic heterocycles. The zero-order chi connectivity index (χ0) is 11.0. The minimum Gasteiger partial charge on any atom is -0.307 e. The quantitative estimate of drug-likeness (QED) is 0.745. The molecule has 0 spiro atoms. The molecule has 0 aromatic carbocycles. The van der Waals surface area contributed by atoms with Crippen molar-refractivity contribution >= 4 is 5.65 Å². The van der Waals surface area contributed by atoms with Crippen molar-refractivity contribution in [3.05, 3.63) is 34.4 Å². The van der Waals surface area contributed by atoms with Gasteiger partial charge in [0.25, 0.3) is 5.56 Å². The van der Waals surface area contributed by atoms with Crippen LogP contribution in [0.4, 0.5) is 0 Å². The predicted octanol–water partition coefficient (Wildman–Crippen LogP) is 0.837. The molecule has 16 heavy (non-hydrogen) atoms. The molecule has 5 heteroatoms. The van der Waals surface area contributed by atoms with Crippen LogP contribution in [0.15, 0.2) is 23.0 Å². The van der Waals surface area contributed by atoms with Crippen LogP contribution in [0.5, 0.6) is 0 Å². The maximum atomic E-state index is 11.8. The molecule has 3 heterocycles. The highest BCUT2D eigenvalue weighted by Gasteiger charge is 2.20. The molecule has 1 atom stereocenters. The Morgan fingerprint density at radius 1 is 1.38 bits per heavy atom. The lowest BCUT2D eigenvalue weighted by molar-refractivity contribution is 0.394. The average Bonchev–Trinajstić information content (AvgIpc) is 2.75. The number of hydrogen-bond acceptors (Lipinski definition) is 3. The molecule has 1 aliphatic rings. The summed E-state index contributed by atoms with van der Waals surface area (Å²) >= 11 is 0. The van der Waals surface area contributed by atoms with Crippen LogP contribution in [-0.4, -0.2) is 21.1 Å². The first-order valence-electron chi connectivity index (χ1n) is 5.66. The summed E-state index contributed by atoms with van der Waals surface area (Å²) in [4.78, 5) is 11.8. The van der Waals surface area contributed by atoms with E-state index in [4.69, 9.17) is 0 Å². The minimum atomic E-state index is -0.0198. The summed E-state index contributed by atoms with van der Waals surface area (Å²) < 4.78 is 1.66. The smallest absolute Gasteiger partial charge is 0.257 e. The maximum Gasteiger partial charge on any atom is 0.257 e. The molecule has 5 nitrogen and oxygen atoms in total. The molecule has 1 fully saturated rings. The molecule has 1 saturated heterocycles. The van der Waals surface area contributed by atoms with Gasteiger partial charge in [0.1, 0.15) is 5.65 Å². The molecule has 0 radical (unpaired) electrons. The van der Waals surface area contributed by atoms with Crippen molar-refractivity contribution in [2.45, 2.75) is 25.3 Å². The van der Waals surface area contributed by atoms with Crippen LogP contribution in [0.25, 0.3) is 5.65 Å². The van der Waals surface area contributed by atoms with Crippen LogP contribution in [0.3, 0.4) is 0 Å². The molecule has 1 unspecified atom stereocenters. The molecule has 84 valence electrons. The monoisotopic (exact) mass is 218 g/mol. The number of rotatable bonds is 1. The van der Waals surface area contributed by atoms with Crippen LogP contribution in [0.2, 0.25) is 0 Å². The first-order chi connectivity index (χ1) is 7.86. The van der Waals surface area contributed by atoms with Crippen molar-refractivity contribution in [2.24, 2.45) is 0 Å². The molecule has 0 aliphatic carbocycles. The van der Waals surface area contributed by atoms with E-state index in [2.05, 4.69) is 15.5 Å². The molecule has 0 amide bonds. The summed E-state index contributed by atoms with van der Waals surface area (Å²) in [6.45, 7) is 1.00. The fraction of sp³-hybridized carbons (Fsp3) is 0.455. The molecular formula is C11H14N4O. The summed E-state index contributed by atoms with van der Waals surface area (Å²) in [7, 11) is 0. The summed E-state index contributed by atoms with van der Waals surface area (Å²) in [5.74, 6) is 0.806. The standard InChI is InChI=1S/C11H14N4O/c16-10-6-3-5-9-13-14-11(15(9)10)8-4-1-2-7-12-8/h3,5-6,8,12-13H,1-2,4,7H2. The van der Waals surface area contributed by atoms with E-state index in [0.717, 1.165) is 24.4 Å². The summed E-state index contributed by atoms with van der Waals surface area (Å²) in [5, 5.41) is 10.6. The lowest BCUT2D eigenvalue weighted by atomic mass is 10.0. The maximum absolute atomic E-state index is 11.8. The van der Waals surface area contributed by atoms with Gasteiger partial charge >= 0.3 is 0 Å². The molecule has 3 rings (SSSR count). The SMILES string of the molecule is O=c1cccc2[nH]nc(C3CCCCN3)n12. The molecule has 0 saturated carbocycles. The zero-order valence-electron chi connectivity index (χ0n) is 8.94. The van der Waals surface area contributed by atoms with Gasteiger partial charge in [0.15, 0.2) is 5.82 Å². The largest absolute Gasteiger partial charge is 0.307 e. The average molecular weight is 218 g/mol. The number of aromatic amines is 1. The van der Waals surface area contributed by atoms with Gasteiger partial charge in [-0.2, -0.15) is 5.10 Å². The van der Waals surface area contributed by atoms with E-state index in [1.165, 1.54) is 12.8 Å². The number of hydrogen-bond donors (Lipinski definition) is 2.